The van der Waals surface area contributed by atoms with Crippen molar-refractivity contribution >= 4 is 17.3 Å². The summed E-state index contributed by atoms with van der Waals surface area (Å²) in [5.74, 6) is 0.501. The summed E-state index contributed by atoms with van der Waals surface area (Å²) in [5.41, 5.74) is 2.06. The van der Waals surface area contributed by atoms with Crippen LogP contribution in [0.5, 0.6) is 0 Å². The molecule has 3 rings (SSSR count). The molecule has 1 atom stereocenters. The van der Waals surface area contributed by atoms with Crippen LogP contribution in [0.2, 0.25) is 5.02 Å². The summed E-state index contributed by atoms with van der Waals surface area (Å²) in [6.45, 7) is 3.61. The van der Waals surface area contributed by atoms with Crippen molar-refractivity contribution in [1.29, 1.82) is 0 Å². The van der Waals surface area contributed by atoms with Crippen molar-refractivity contribution in [3.05, 3.63) is 64.8 Å². The van der Waals surface area contributed by atoms with Gasteiger partial charge in [0.25, 0.3) is 0 Å². The van der Waals surface area contributed by atoms with Crippen molar-refractivity contribution < 1.29 is 8.91 Å². The normalized spacial score (nSPS) is 12.2. The molecule has 0 aliphatic carbocycles. The highest BCUT2D eigenvalue weighted by atomic mass is 35.5. The maximum absolute atomic E-state index is 13.6. The highest BCUT2D eigenvalue weighted by molar-refractivity contribution is 6.30. The maximum Gasteiger partial charge on any atom is 0.249 e. The molecule has 1 heterocycles. The molecular weight excluding hydrogens is 317 g/mol. The Morgan fingerprint density at radius 3 is 2.61 bits per heavy atom. The standard InChI is InChI=1S/C17H15ClFN3O/c1-10-3-4-12(9-15(10)19)16-21-17(23-22-16)11(2)20-14-7-5-13(18)6-8-14/h3-9,11,20H,1-2H3/t11-/m0/s1. The van der Waals surface area contributed by atoms with E-state index in [0.29, 0.717) is 27.9 Å². The average molecular weight is 332 g/mol. The van der Waals surface area contributed by atoms with Crippen molar-refractivity contribution in [3.63, 3.8) is 0 Å². The van der Waals surface area contributed by atoms with E-state index >= 15 is 0 Å². The summed E-state index contributed by atoms with van der Waals surface area (Å²) in [6.07, 6.45) is 0. The molecule has 0 aliphatic heterocycles. The van der Waals surface area contributed by atoms with Crippen molar-refractivity contribution in [2.45, 2.75) is 19.9 Å². The van der Waals surface area contributed by atoms with Crippen molar-refractivity contribution in [3.8, 4) is 11.4 Å². The molecule has 0 unspecified atom stereocenters. The number of rotatable bonds is 4. The largest absolute Gasteiger partial charge is 0.374 e. The number of aromatic nitrogens is 2. The fourth-order valence-corrected chi connectivity index (χ4v) is 2.24. The summed E-state index contributed by atoms with van der Waals surface area (Å²) in [5, 5.41) is 7.83. The zero-order chi connectivity index (χ0) is 16.4. The van der Waals surface area contributed by atoms with E-state index < -0.39 is 0 Å². The third kappa shape index (κ3) is 3.51. The number of benzene rings is 2. The second-order valence-electron chi connectivity index (χ2n) is 5.29. The number of hydrogen-bond donors (Lipinski definition) is 1. The molecule has 1 aromatic heterocycles. The van der Waals surface area contributed by atoms with E-state index in [2.05, 4.69) is 15.5 Å². The van der Waals surface area contributed by atoms with Crippen molar-refractivity contribution in [1.82, 2.24) is 10.1 Å². The quantitative estimate of drug-likeness (QED) is 0.730. The third-order valence-corrected chi connectivity index (χ3v) is 3.72. The van der Waals surface area contributed by atoms with Crippen LogP contribution in [0, 0.1) is 12.7 Å². The van der Waals surface area contributed by atoms with Gasteiger partial charge in [0.2, 0.25) is 11.7 Å². The summed E-state index contributed by atoms with van der Waals surface area (Å²) < 4.78 is 18.9. The first kappa shape index (κ1) is 15.5. The Bertz CT molecular complexity index is 817. The van der Waals surface area contributed by atoms with Gasteiger partial charge >= 0.3 is 0 Å². The van der Waals surface area contributed by atoms with E-state index in [4.69, 9.17) is 16.1 Å². The van der Waals surface area contributed by atoms with Crippen molar-refractivity contribution in [2.75, 3.05) is 5.32 Å². The number of nitrogens with zero attached hydrogens (tertiary/aromatic N) is 2. The number of anilines is 1. The van der Waals surface area contributed by atoms with Crippen LogP contribution in [-0.4, -0.2) is 10.1 Å². The predicted octanol–water partition coefficient (Wildman–Crippen LogP) is 5.01. The molecular formula is C17H15ClFN3O. The molecule has 0 radical (unpaired) electrons. The lowest BCUT2D eigenvalue weighted by Crippen LogP contribution is -2.06. The second kappa shape index (κ2) is 6.38. The molecule has 2 aromatic carbocycles. The molecule has 23 heavy (non-hydrogen) atoms. The Kier molecular flexibility index (Phi) is 4.30. The lowest BCUT2D eigenvalue weighted by Gasteiger charge is -2.10. The topological polar surface area (TPSA) is 51.0 Å². The van der Waals surface area contributed by atoms with Gasteiger partial charge in [0, 0.05) is 16.3 Å². The maximum atomic E-state index is 13.6. The van der Waals surface area contributed by atoms with Crippen LogP contribution in [0.25, 0.3) is 11.4 Å². The number of aryl methyl sites for hydroxylation is 1. The molecule has 4 nitrogen and oxygen atoms in total. The van der Waals surface area contributed by atoms with Gasteiger partial charge in [-0.25, -0.2) is 4.39 Å². The van der Waals surface area contributed by atoms with E-state index in [1.807, 2.05) is 19.1 Å². The Morgan fingerprint density at radius 2 is 1.91 bits per heavy atom. The minimum atomic E-state index is -0.291. The smallest absolute Gasteiger partial charge is 0.249 e. The summed E-state index contributed by atoms with van der Waals surface area (Å²) in [6, 6.07) is 12.0. The molecule has 3 aromatic rings. The number of halogens is 2. The molecule has 6 heteroatoms. The molecule has 0 fully saturated rings. The van der Waals surface area contributed by atoms with Crippen molar-refractivity contribution in [2.24, 2.45) is 0 Å². The Labute approximate surface area is 138 Å². The minimum absolute atomic E-state index is 0.187. The summed E-state index contributed by atoms with van der Waals surface area (Å²) in [7, 11) is 0. The van der Waals surface area contributed by atoms with Crippen LogP contribution in [0.3, 0.4) is 0 Å². The fraction of sp³-hybridized carbons (Fsp3) is 0.176. The van der Waals surface area contributed by atoms with Gasteiger partial charge in [0.1, 0.15) is 11.9 Å². The Hall–Kier alpha value is -2.40. The van der Waals surface area contributed by atoms with Crippen LogP contribution in [0.15, 0.2) is 47.0 Å². The van der Waals surface area contributed by atoms with Gasteiger partial charge in [-0.3, -0.25) is 0 Å². The van der Waals surface area contributed by atoms with E-state index in [0.717, 1.165) is 5.69 Å². The van der Waals surface area contributed by atoms with E-state index in [9.17, 15) is 4.39 Å². The predicted molar refractivity (Wildman–Crippen MR) is 87.9 cm³/mol. The van der Waals surface area contributed by atoms with Gasteiger partial charge in [-0.05, 0) is 49.7 Å². The minimum Gasteiger partial charge on any atom is -0.374 e. The second-order valence-corrected chi connectivity index (χ2v) is 5.73. The lowest BCUT2D eigenvalue weighted by molar-refractivity contribution is 0.368. The summed E-state index contributed by atoms with van der Waals surface area (Å²) in [4.78, 5) is 4.33. The molecule has 118 valence electrons. The molecule has 0 amide bonds. The van der Waals surface area contributed by atoms with Gasteiger partial charge < -0.3 is 9.84 Å². The zero-order valence-corrected chi connectivity index (χ0v) is 13.4. The molecule has 0 saturated carbocycles. The average Bonchev–Trinajstić information content (AvgIpc) is 3.02. The van der Waals surface area contributed by atoms with Gasteiger partial charge in [0.15, 0.2) is 0 Å². The van der Waals surface area contributed by atoms with Gasteiger partial charge in [-0.1, -0.05) is 28.9 Å². The van der Waals surface area contributed by atoms with E-state index in [-0.39, 0.29) is 11.9 Å². The Morgan fingerprint density at radius 1 is 1.17 bits per heavy atom. The van der Waals surface area contributed by atoms with E-state index in [1.54, 1.807) is 31.2 Å². The van der Waals surface area contributed by atoms with E-state index in [1.165, 1.54) is 6.07 Å². The third-order valence-electron chi connectivity index (χ3n) is 3.47. The molecule has 0 spiro atoms. The molecule has 0 aliphatic rings. The monoisotopic (exact) mass is 331 g/mol. The van der Waals surface area contributed by atoms with Crippen LogP contribution >= 0.6 is 11.6 Å². The first-order chi connectivity index (χ1) is 11.0. The summed E-state index contributed by atoms with van der Waals surface area (Å²) >= 11 is 5.86. The van der Waals surface area contributed by atoms with Gasteiger partial charge in [-0.15, -0.1) is 0 Å². The van der Waals surface area contributed by atoms with Gasteiger partial charge in [0.05, 0.1) is 0 Å². The van der Waals surface area contributed by atoms with Gasteiger partial charge in [-0.2, -0.15) is 4.98 Å². The van der Waals surface area contributed by atoms with Crippen LogP contribution < -0.4 is 5.32 Å². The van der Waals surface area contributed by atoms with Crippen LogP contribution in [0.4, 0.5) is 10.1 Å². The van der Waals surface area contributed by atoms with Crippen LogP contribution in [-0.2, 0) is 0 Å². The molecule has 1 N–H and O–H groups in total. The number of nitrogens with one attached hydrogen (secondary N) is 1. The highest BCUT2D eigenvalue weighted by Crippen LogP contribution is 2.23. The number of hydrogen-bond acceptors (Lipinski definition) is 4. The molecule has 0 bridgehead atoms. The highest BCUT2D eigenvalue weighted by Gasteiger charge is 2.15. The zero-order valence-electron chi connectivity index (χ0n) is 12.7. The lowest BCUT2D eigenvalue weighted by atomic mass is 10.1. The SMILES string of the molecule is Cc1ccc(-c2noc([C@H](C)Nc3ccc(Cl)cc3)n2)cc1F. The first-order valence-corrected chi connectivity index (χ1v) is 7.53. The Balaban J connectivity index is 1.77. The van der Waals surface area contributed by atoms with Crippen LogP contribution in [0.1, 0.15) is 24.4 Å². The fourth-order valence-electron chi connectivity index (χ4n) is 2.12. The molecule has 0 saturated heterocycles. The first-order valence-electron chi connectivity index (χ1n) is 7.15.